The maximum absolute atomic E-state index is 5.52. The Labute approximate surface area is 78.3 Å². The van der Waals surface area contributed by atoms with E-state index in [0.717, 1.165) is 11.3 Å². The number of hydrogen-bond acceptors (Lipinski definition) is 1. The molecule has 0 aromatic heterocycles. The summed E-state index contributed by atoms with van der Waals surface area (Å²) in [6.45, 7) is 2.78. The van der Waals surface area contributed by atoms with Crippen LogP contribution in [0.4, 0.5) is 0 Å². The van der Waals surface area contributed by atoms with Crippen LogP contribution in [-0.4, -0.2) is 6.61 Å². The van der Waals surface area contributed by atoms with Gasteiger partial charge in [-0.15, -0.1) is 0 Å². The normalized spacial score (nSPS) is 15.8. The van der Waals surface area contributed by atoms with Crippen LogP contribution in [0.25, 0.3) is 5.76 Å². The van der Waals surface area contributed by atoms with Crippen molar-refractivity contribution >= 4 is 5.76 Å². The van der Waals surface area contributed by atoms with E-state index in [4.69, 9.17) is 4.74 Å². The fourth-order valence-corrected chi connectivity index (χ4v) is 1.34. The summed E-state index contributed by atoms with van der Waals surface area (Å²) in [5, 5.41) is 0. The van der Waals surface area contributed by atoms with Gasteiger partial charge in [0.2, 0.25) is 0 Å². The van der Waals surface area contributed by atoms with Gasteiger partial charge in [0, 0.05) is 5.56 Å². The largest absolute Gasteiger partial charge is 0.489 e. The fourth-order valence-electron chi connectivity index (χ4n) is 1.34. The third-order valence-corrected chi connectivity index (χ3v) is 2.06. The van der Waals surface area contributed by atoms with Crippen molar-refractivity contribution in [1.82, 2.24) is 0 Å². The van der Waals surface area contributed by atoms with Gasteiger partial charge in [0.05, 0.1) is 0 Å². The molecule has 1 aromatic rings. The van der Waals surface area contributed by atoms with E-state index in [1.165, 1.54) is 5.57 Å². The number of allylic oxidation sites excluding steroid dienone is 2. The van der Waals surface area contributed by atoms with Crippen LogP contribution in [0.2, 0.25) is 0 Å². The van der Waals surface area contributed by atoms with Crippen LogP contribution in [0, 0.1) is 0 Å². The first kappa shape index (κ1) is 8.11. The molecule has 0 saturated carbocycles. The molecule has 1 aliphatic rings. The molecule has 2 rings (SSSR count). The Morgan fingerprint density at radius 2 is 1.92 bits per heavy atom. The van der Waals surface area contributed by atoms with Gasteiger partial charge < -0.3 is 4.74 Å². The minimum absolute atomic E-state index is 0.687. The quantitative estimate of drug-likeness (QED) is 0.632. The van der Waals surface area contributed by atoms with Gasteiger partial charge in [-0.05, 0) is 24.6 Å². The highest BCUT2D eigenvalue weighted by atomic mass is 16.5. The van der Waals surface area contributed by atoms with Gasteiger partial charge in [-0.2, -0.15) is 0 Å². The van der Waals surface area contributed by atoms with Crippen molar-refractivity contribution in [2.24, 2.45) is 0 Å². The lowest BCUT2D eigenvalue weighted by Gasteiger charge is -2.13. The number of ether oxygens (including phenoxy) is 1. The van der Waals surface area contributed by atoms with E-state index >= 15 is 0 Å². The maximum atomic E-state index is 5.52. The van der Waals surface area contributed by atoms with Gasteiger partial charge in [0.1, 0.15) is 12.4 Å². The third-order valence-electron chi connectivity index (χ3n) is 2.06. The van der Waals surface area contributed by atoms with E-state index in [1.807, 2.05) is 18.2 Å². The summed E-state index contributed by atoms with van der Waals surface area (Å²) >= 11 is 0. The molecule has 1 heterocycles. The zero-order valence-electron chi connectivity index (χ0n) is 7.66. The van der Waals surface area contributed by atoms with Crippen LogP contribution < -0.4 is 0 Å². The Hall–Kier alpha value is -1.50. The van der Waals surface area contributed by atoms with Crippen LogP contribution in [-0.2, 0) is 4.74 Å². The summed E-state index contributed by atoms with van der Waals surface area (Å²) in [6, 6.07) is 10.2. The van der Waals surface area contributed by atoms with Crippen molar-refractivity contribution in [3.05, 3.63) is 53.6 Å². The highest BCUT2D eigenvalue weighted by Gasteiger charge is 2.04. The summed E-state index contributed by atoms with van der Waals surface area (Å²) in [5.41, 5.74) is 2.42. The number of benzene rings is 1. The molecule has 1 nitrogen and oxygen atoms in total. The van der Waals surface area contributed by atoms with E-state index in [-0.39, 0.29) is 0 Å². The molecule has 13 heavy (non-hydrogen) atoms. The van der Waals surface area contributed by atoms with E-state index in [9.17, 15) is 0 Å². The van der Waals surface area contributed by atoms with Crippen molar-refractivity contribution in [3.8, 4) is 0 Å². The van der Waals surface area contributed by atoms with Gasteiger partial charge in [-0.1, -0.05) is 30.3 Å². The monoisotopic (exact) mass is 172 g/mol. The molecule has 1 heteroatoms. The van der Waals surface area contributed by atoms with Crippen molar-refractivity contribution < 1.29 is 4.74 Å². The van der Waals surface area contributed by atoms with Gasteiger partial charge in [-0.3, -0.25) is 0 Å². The molecule has 0 fully saturated rings. The summed E-state index contributed by atoms with van der Waals surface area (Å²) < 4.78 is 5.52. The van der Waals surface area contributed by atoms with Crippen LogP contribution in [0.5, 0.6) is 0 Å². The Morgan fingerprint density at radius 1 is 1.15 bits per heavy atom. The second-order valence-corrected chi connectivity index (χ2v) is 3.13. The average molecular weight is 172 g/mol. The topological polar surface area (TPSA) is 9.23 Å². The van der Waals surface area contributed by atoms with E-state index < -0.39 is 0 Å². The standard InChI is InChI=1S/C12H12O/c1-10-7-8-13-12(9-10)11-5-3-2-4-6-11/h2-7,9H,8H2,1H3. The van der Waals surface area contributed by atoms with Crippen LogP contribution in [0.15, 0.2) is 48.1 Å². The average Bonchev–Trinajstić information content (AvgIpc) is 2.19. The molecule has 0 spiro atoms. The van der Waals surface area contributed by atoms with Gasteiger partial charge in [0.15, 0.2) is 0 Å². The molecule has 1 aromatic carbocycles. The lowest BCUT2D eigenvalue weighted by atomic mass is 10.1. The summed E-state index contributed by atoms with van der Waals surface area (Å²) in [4.78, 5) is 0. The Bertz CT molecular complexity index is 347. The SMILES string of the molecule is CC1=CCOC(c2ccccc2)=C1. The third kappa shape index (κ3) is 1.81. The molecule has 0 unspecified atom stereocenters. The van der Waals surface area contributed by atoms with E-state index in [1.54, 1.807) is 0 Å². The minimum Gasteiger partial charge on any atom is -0.489 e. The lowest BCUT2D eigenvalue weighted by Crippen LogP contribution is -1.98. The van der Waals surface area contributed by atoms with Gasteiger partial charge >= 0.3 is 0 Å². The molecular formula is C12H12O. The molecule has 0 radical (unpaired) electrons. The highest BCUT2D eigenvalue weighted by molar-refractivity contribution is 5.63. The molecule has 0 aliphatic carbocycles. The van der Waals surface area contributed by atoms with Crippen molar-refractivity contribution in [3.63, 3.8) is 0 Å². The second-order valence-electron chi connectivity index (χ2n) is 3.13. The van der Waals surface area contributed by atoms with Crippen molar-refractivity contribution in [1.29, 1.82) is 0 Å². The first-order valence-electron chi connectivity index (χ1n) is 4.43. The minimum atomic E-state index is 0.687. The zero-order chi connectivity index (χ0) is 9.10. The molecule has 0 N–H and O–H groups in total. The summed E-state index contributed by atoms with van der Waals surface area (Å²) in [5.74, 6) is 0.973. The number of hydrogen-bond donors (Lipinski definition) is 0. The maximum Gasteiger partial charge on any atom is 0.127 e. The lowest BCUT2D eigenvalue weighted by molar-refractivity contribution is 0.314. The summed E-state index contributed by atoms with van der Waals surface area (Å²) in [6.07, 6.45) is 4.14. The molecule has 0 amide bonds. The fraction of sp³-hybridized carbons (Fsp3) is 0.167. The van der Waals surface area contributed by atoms with Crippen LogP contribution in [0.3, 0.4) is 0 Å². The first-order chi connectivity index (χ1) is 6.36. The molecule has 1 aliphatic heterocycles. The van der Waals surface area contributed by atoms with E-state index in [2.05, 4.69) is 31.2 Å². The zero-order valence-corrected chi connectivity index (χ0v) is 7.66. The molecular weight excluding hydrogens is 160 g/mol. The van der Waals surface area contributed by atoms with Crippen LogP contribution in [0.1, 0.15) is 12.5 Å². The van der Waals surface area contributed by atoms with Crippen molar-refractivity contribution in [2.75, 3.05) is 6.61 Å². The molecule has 0 atom stereocenters. The Kier molecular flexibility index (Phi) is 2.17. The van der Waals surface area contributed by atoms with Crippen LogP contribution >= 0.6 is 0 Å². The Morgan fingerprint density at radius 3 is 2.62 bits per heavy atom. The smallest absolute Gasteiger partial charge is 0.127 e. The molecule has 0 bridgehead atoms. The van der Waals surface area contributed by atoms with Gasteiger partial charge in [-0.25, -0.2) is 0 Å². The number of rotatable bonds is 1. The van der Waals surface area contributed by atoms with Crippen molar-refractivity contribution in [2.45, 2.75) is 6.92 Å². The van der Waals surface area contributed by atoms with E-state index in [0.29, 0.717) is 6.61 Å². The highest BCUT2D eigenvalue weighted by Crippen LogP contribution is 2.20. The first-order valence-corrected chi connectivity index (χ1v) is 4.43. The van der Waals surface area contributed by atoms with Gasteiger partial charge in [0.25, 0.3) is 0 Å². The Balaban J connectivity index is 2.32. The summed E-state index contributed by atoms with van der Waals surface area (Å²) in [7, 11) is 0. The molecule has 66 valence electrons. The predicted molar refractivity (Wildman–Crippen MR) is 54.1 cm³/mol. The predicted octanol–water partition coefficient (Wildman–Crippen LogP) is 3.00. The molecule has 0 saturated heterocycles. The second kappa shape index (κ2) is 3.48.